The summed E-state index contributed by atoms with van der Waals surface area (Å²) >= 11 is 3.51. The van der Waals surface area contributed by atoms with Gasteiger partial charge in [0.05, 0.1) is 21.9 Å². The molecule has 0 aliphatic heterocycles. The Morgan fingerprint density at radius 2 is 2.20 bits per heavy atom. The monoisotopic (exact) mass is 270 g/mol. The van der Waals surface area contributed by atoms with E-state index in [1.807, 2.05) is 18.5 Å². The fraction of sp³-hybridized carbons (Fsp3) is 0.636. The number of rotatable bonds is 1. The van der Waals surface area contributed by atoms with E-state index >= 15 is 0 Å². The number of ketones is 1. The number of hydrogen-bond acceptors (Lipinski definition) is 2. The van der Waals surface area contributed by atoms with E-state index in [0.717, 1.165) is 35.1 Å². The lowest BCUT2D eigenvalue weighted by Gasteiger charge is -2.22. The van der Waals surface area contributed by atoms with Crippen molar-refractivity contribution in [3.05, 3.63) is 15.9 Å². The highest BCUT2D eigenvalue weighted by Crippen LogP contribution is 2.30. The van der Waals surface area contributed by atoms with Crippen LogP contribution in [0.5, 0.6) is 0 Å². The van der Waals surface area contributed by atoms with Gasteiger partial charge in [-0.1, -0.05) is 0 Å². The molecule has 2 rings (SSSR count). The van der Waals surface area contributed by atoms with Crippen LogP contribution < -0.4 is 0 Å². The molecule has 1 heterocycles. The molecule has 0 radical (unpaired) electrons. The Bertz CT molecular complexity index is 398. The Kier molecular flexibility index (Phi) is 2.96. The predicted molar refractivity (Wildman–Crippen MR) is 61.9 cm³/mol. The Labute approximate surface area is 98.0 Å². The summed E-state index contributed by atoms with van der Waals surface area (Å²) in [6, 6.07) is 0.274. The van der Waals surface area contributed by atoms with Crippen molar-refractivity contribution in [2.45, 2.75) is 45.6 Å². The van der Waals surface area contributed by atoms with Crippen LogP contribution in [0.1, 0.15) is 43.1 Å². The van der Waals surface area contributed by atoms with Gasteiger partial charge in [0.15, 0.2) is 0 Å². The van der Waals surface area contributed by atoms with E-state index in [9.17, 15) is 4.79 Å². The van der Waals surface area contributed by atoms with Crippen LogP contribution in [-0.2, 0) is 4.79 Å². The van der Waals surface area contributed by atoms with Crippen LogP contribution >= 0.6 is 15.9 Å². The number of nitrogens with zero attached hydrogens (tertiary/aromatic N) is 2. The molecule has 1 atom stereocenters. The Balaban J connectivity index is 2.28. The first kappa shape index (κ1) is 10.9. The third-order valence-electron chi connectivity index (χ3n) is 3.04. The summed E-state index contributed by atoms with van der Waals surface area (Å²) in [6.07, 6.45) is 3.46. The SMILES string of the molecule is Cc1nn(C2CCCC(=O)C2)c(C)c1Br. The highest BCUT2D eigenvalue weighted by Gasteiger charge is 2.23. The molecule has 1 aliphatic carbocycles. The average Bonchev–Trinajstić information content (AvgIpc) is 2.46. The van der Waals surface area contributed by atoms with Crippen molar-refractivity contribution in [2.75, 3.05) is 0 Å². The van der Waals surface area contributed by atoms with Gasteiger partial charge >= 0.3 is 0 Å². The first-order valence-electron chi connectivity index (χ1n) is 5.32. The minimum absolute atomic E-state index is 0.274. The highest BCUT2D eigenvalue weighted by atomic mass is 79.9. The minimum atomic E-state index is 0.274. The van der Waals surface area contributed by atoms with E-state index in [1.165, 1.54) is 0 Å². The normalized spacial score (nSPS) is 22.1. The van der Waals surface area contributed by atoms with Crippen LogP contribution in [0.4, 0.5) is 0 Å². The molecule has 15 heavy (non-hydrogen) atoms. The van der Waals surface area contributed by atoms with E-state index in [4.69, 9.17) is 0 Å². The summed E-state index contributed by atoms with van der Waals surface area (Å²) in [6.45, 7) is 4.03. The minimum Gasteiger partial charge on any atom is -0.300 e. The third kappa shape index (κ3) is 2.00. The fourth-order valence-electron chi connectivity index (χ4n) is 2.21. The van der Waals surface area contributed by atoms with Gasteiger partial charge in [0, 0.05) is 12.8 Å². The van der Waals surface area contributed by atoms with Crippen LogP contribution in [0.2, 0.25) is 0 Å². The van der Waals surface area contributed by atoms with Crippen molar-refractivity contribution >= 4 is 21.7 Å². The van der Waals surface area contributed by atoms with Crippen molar-refractivity contribution in [3.8, 4) is 0 Å². The van der Waals surface area contributed by atoms with Gasteiger partial charge in [0.25, 0.3) is 0 Å². The topological polar surface area (TPSA) is 34.9 Å². The van der Waals surface area contributed by atoms with Gasteiger partial charge in [-0.3, -0.25) is 9.48 Å². The number of aryl methyl sites for hydroxylation is 1. The van der Waals surface area contributed by atoms with Crippen LogP contribution in [0.3, 0.4) is 0 Å². The Morgan fingerprint density at radius 1 is 1.47 bits per heavy atom. The molecule has 0 spiro atoms. The molecule has 1 unspecified atom stereocenters. The number of aromatic nitrogens is 2. The van der Waals surface area contributed by atoms with Gasteiger partial charge in [0.1, 0.15) is 5.78 Å². The van der Waals surface area contributed by atoms with Crippen LogP contribution in [0.25, 0.3) is 0 Å². The zero-order chi connectivity index (χ0) is 11.0. The maximum Gasteiger partial charge on any atom is 0.135 e. The summed E-state index contributed by atoms with van der Waals surface area (Å²) in [7, 11) is 0. The molecule has 0 bridgehead atoms. The zero-order valence-electron chi connectivity index (χ0n) is 9.09. The maximum atomic E-state index is 11.4. The fourth-order valence-corrected chi connectivity index (χ4v) is 2.47. The number of Topliss-reactive ketones (excluding diaryl/α,β-unsaturated/α-hetero) is 1. The van der Waals surface area contributed by atoms with E-state index < -0.39 is 0 Å². The lowest BCUT2D eigenvalue weighted by molar-refractivity contribution is -0.121. The van der Waals surface area contributed by atoms with Gasteiger partial charge in [0.2, 0.25) is 0 Å². The van der Waals surface area contributed by atoms with Gasteiger partial charge in [-0.2, -0.15) is 5.10 Å². The van der Waals surface area contributed by atoms with Gasteiger partial charge in [-0.05, 0) is 42.6 Å². The van der Waals surface area contributed by atoms with E-state index in [-0.39, 0.29) is 6.04 Å². The maximum absolute atomic E-state index is 11.4. The highest BCUT2D eigenvalue weighted by molar-refractivity contribution is 9.10. The molecule has 0 aromatic carbocycles. The predicted octanol–water partition coefficient (Wildman–Crippen LogP) is 2.95. The smallest absolute Gasteiger partial charge is 0.135 e. The lowest BCUT2D eigenvalue weighted by atomic mass is 9.94. The van der Waals surface area contributed by atoms with Crippen LogP contribution in [0, 0.1) is 13.8 Å². The standard InChI is InChI=1S/C11H15BrN2O/c1-7-11(12)8(2)14(13-7)9-4-3-5-10(15)6-9/h9H,3-6H2,1-2H3. The molecule has 0 amide bonds. The van der Waals surface area contributed by atoms with Crippen molar-refractivity contribution in [1.29, 1.82) is 0 Å². The lowest BCUT2D eigenvalue weighted by Crippen LogP contribution is -2.20. The van der Waals surface area contributed by atoms with E-state index in [0.29, 0.717) is 12.2 Å². The van der Waals surface area contributed by atoms with Crippen molar-refractivity contribution in [2.24, 2.45) is 0 Å². The molecular formula is C11H15BrN2O. The Morgan fingerprint density at radius 3 is 2.73 bits per heavy atom. The second-order valence-corrected chi connectivity index (χ2v) is 5.01. The van der Waals surface area contributed by atoms with Crippen LogP contribution in [-0.4, -0.2) is 15.6 Å². The molecule has 1 aromatic rings. The second-order valence-electron chi connectivity index (χ2n) is 4.22. The summed E-state index contributed by atoms with van der Waals surface area (Å²) in [5.74, 6) is 0.370. The number of hydrogen-bond donors (Lipinski definition) is 0. The molecular weight excluding hydrogens is 256 g/mol. The van der Waals surface area contributed by atoms with Crippen LogP contribution in [0.15, 0.2) is 4.47 Å². The van der Waals surface area contributed by atoms with Gasteiger partial charge in [-0.15, -0.1) is 0 Å². The molecule has 1 aromatic heterocycles. The number of carbonyl (C=O) groups is 1. The first-order chi connectivity index (χ1) is 7.09. The molecule has 1 saturated carbocycles. The van der Waals surface area contributed by atoms with Gasteiger partial charge < -0.3 is 0 Å². The number of halogens is 1. The summed E-state index contributed by atoms with van der Waals surface area (Å²) < 4.78 is 3.08. The Hall–Kier alpha value is -0.640. The molecule has 82 valence electrons. The van der Waals surface area contributed by atoms with Crippen molar-refractivity contribution < 1.29 is 4.79 Å². The molecule has 0 N–H and O–H groups in total. The first-order valence-corrected chi connectivity index (χ1v) is 6.12. The molecule has 1 aliphatic rings. The molecule has 1 fully saturated rings. The largest absolute Gasteiger partial charge is 0.300 e. The quantitative estimate of drug-likeness (QED) is 0.787. The molecule has 3 nitrogen and oxygen atoms in total. The summed E-state index contributed by atoms with van der Waals surface area (Å²) in [5.41, 5.74) is 2.14. The van der Waals surface area contributed by atoms with Crippen molar-refractivity contribution in [3.63, 3.8) is 0 Å². The van der Waals surface area contributed by atoms with Crippen molar-refractivity contribution in [1.82, 2.24) is 9.78 Å². The van der Waals surface area contributed by atoms with Gasteiger partial charge in [-0.25, -0.2) is 0 Å². The van der Waals surface area contributed by atoms with E-state index in [1.54, 1.807) is 0 Å². The zero-order valence-corrected chi connectivity index (χ0v) is 10.7. The third-order valence-corrected chi connectivity index (χ3v) is 4.19. The average molecular weight is 271 g/mol. The molecule has 0 saturated heterocycles. The summed E-state index contributed by atoms with van der Waals surface area (Å²) in [5, 5.41) is 4.49. The second kappa shape index (κ2) is 4.08. The van der Waals surface area contributed by atoms with E-state index in [2.05, 4.69) is 21.0 Å². The number of carbonyl (C=O) groups excluding carboxylic acids is 1. The summed E-state index contributed by atoms with van der Waals surface area (Å²) in [4.78, 5) is 11.4. The molecule has 4 heteroatoms.